The van der Waals surface area contributed by atoms with E-state index in [1.807, 2.05) is 0 Å². The fraction of sp³-hybridized carbons (Fsp3) is 0.133. The van der Waals surface area contributed by atoms with E-state index in [0.29, 0.717) is 23.4 Å². The second-order valence-electron chi connectivity index (χ2n) is 4.50. The molecule has 0 saturated heterocycles. The van der Waals surface area contributed by atoms with Crippen LogP contribution < -0.4 is 5.73 Å². The Morgan fingerprint density at radius 1 is 1.30 bits per heavy atom. The molecule has 0 aliphatic heterocycles. The highest BCUT2D eigenvalue weighted by Crippen LogP contribution is 2.24. The van der Waals surface area contributed by atoms with E-state index in [0.717, 1.165) is 0 Å². The van der Waals surface area contributed by atoms with Gasteiger partial charge in [-0.05, 0) is 29.8 Å². The lowest BCUT2D eigenvalue weighted by atomic mass is 10.1. The predicted molar refractivity (Wildman–Crippen MR) is 78.1 cm³/mol. The lowest BCUT2D eigenvalue weighted by Crippen LogP contribution is -2.26. The molecule has 20 heavy (non-hydrogen) atoms. The molecule has 0 radical (unpaired) electrons. The molecule has 0 aromatic heterocycles. The van der Waals surface area contributed by atoms with Crippen LogP contribution in [0.1, 0.15) is 15.9 Å². The molecule has 0 heterocycles. The summed E-state index contributed by atoms with van der Waals surface area (Å²) in [4.78, 5) is 13.8. The average molecular weight is 293 g/mol. The molecule has 2 N–H and O–H groups in total. The molecular weight excluding hydrogens is 279 g/mol. The van der Waals surface area contributed by atoms with Gasteiger partial charge in [0.05, 0.1) is 16.3 Å². The van der Waals surface area contributed by atoms with E-state index in [9.17, 15) is 9.18 Å². The monoisotopic (exact) mass is 292 g/mol. The molecule has 0 aliphatic rings. The molecule has 1 amide bonds. The van der Waals surface area contributed by atoms with Crippen molar-refractivity contribution in [2.24, 2.45) is 0 Å². The fourth-order valence-corrected chi connectivity index (χ4v) is 2.11. The molecule has 0 spiro atoms. The van der Waals surface area contributed by atoms with Crippen molar-refractivity contribution in [1.29, 1.82) is 0 Å². The van der Waals surface area contributed by atoms with E-state index in [2.05, 4.69) is 0 Å². The van der Waals surface area contributed by atoms with Crippen LogP contribution in [0.25, 0.3) is 0 Å². The van der Waals surface area contributed by atoms with E-state index in [4.69, 9.17) is 17.3 Å². The van der Waals surface area contributed by atoms with Crippen LogP contribution in [0.5, 0.6) is 0 Å². The van der Waals surface area contributed by atoms with E-state index in [-0.39, 0.29) is 16.7 Å². The summed E-state index contributed by atoms with van der Waals surface area (Å²) in [6, 6.07) is 11.0. The van der Waals surface area contributed by atoms with E-state index in [1.165, 1.54) is 17.0 Å². The SMILES string of the molecule is CN(Cc1cccc(F)c1)C(=O)c1cccc(N)c1Cl. The van der Waals surface area contributed by atoms with Gasteiger partial charge < -0.3 is 10.6 Å². The highest BCUT2D eigenvalue weighted by Gasteiger charge is 2.16. The van der Waals surface area contributed by atoms with Gasteiger partial charge in [-0.3, -0.25) is 4.79 Å². The summed E-state index contributed by atoms with van der Waals surface area (Å²) in [7, 11) is 1.63. The number of nitrogen functional groups attached to an aromatic ring is 1. The number of carbonyl (C=O) groups excluding carboxylic acids is 1. The van der Waals surface area contributed by atoms with Crippen LogP contribution in [0.3, 0.4) is 0 Å². The number of rotatable bonds is 3. The van der Waals surface area contributed by atoms with Crippen LogP contribution >= 0.6 is 11.6 Å². The Morgan fingerprint density at radius 2 is 2.00 bits per heavy atom. The van der Waals surface area contributed by atoms with E-state index in [1.54, 1.807) is 37.4 Å². The van der Waals surface area contributed by atoms with Crippen molar-refractivity contribution in [3.8, 4) is 0 Å². The lowest BCUT2D eigenvalue weighted by molar-refractivity contribution is 0.0785. The third-order valence-electron chi connectivity index (χ3n) is 2.91. The molecule has 0 fully saturated rings. The highest BCUT2D eigenvalue weighted by atomic mass is 35.5. The van der Waals surface area contributed by atoms with Gasteiger partial charge in [0.15, 0.2) is 0 Å². The van der Waals surface area contributed by atoms with Gasteiger partial charge in [0.1, 0.15) is 5.82 Å². The Morgan fingerprint density at radius 3 is 2.70 bits per heavy atom. The van der Waals surface area contributed by atoms with Gasteiger partial charge in [0.25, 0.3) is 5.91 Å². The minimum absolute atomic E-state index is 0.239. The predicted octanol–water partition coefficient (Wildman–Crippen LogP) is 3.33. The van der Waals surface area contributed by atoms with Crippen molar-refractivity contribution in [3.63, 3.8) is 0 Å². The molecular formula is C15H14ClFN2O. The zero-order valence-corrected chi connectivity index (χ0v) is 11.7. The number of anilines is 1. The minimum Gasteiger partial charge on any atom is -0.398 e. The van der Waals surface area contributed by atoms with Crippen molar-refractivity contribution >= 4 is 23.2 Å². The van der Waals surface area contributed by atoms with Gasteiger partial charge in [-0.25, -0.2) is 4.39 Å². The molecule has 2 rings (SSSR count). The molecule has 0 unspecified atom stereocenters. The number of hydrogen-bond donors (Lipinski definition) is 1. The number of hydrogen-bond acceptors (Lipinski definition) is 2. The maximum Gasteiger partial charge on any atom is 0.255 e. The number of nitrogens with zero attached hydrogens (tertiary/aromatic N) is 1. The number of carbonyl (C=O) groups is 1. The summed E-state index contributed by atoms with van der Waals surface area (Å²) in [5, 5.41) is 0.239. The number of amides is 1. The van der Waals surface area contributed by atoms with Crippen molar-refractivity contribution in [1.82, 2.24) is 4.90 Å². The first-order chi connectivity index (χ1) is 9.49. The third-order valence-corrected chi connectivity index (χ3v) is 3.34. The normalized spacial score (nSPS) is 10.3. The average Bonchev–Trinajstić information content (AvgIpc) is 2.41. The van der Waals surface area contributed by atoms with Gasteiger partial charge in [-0.2, -0.15) is 0 Å². The van der Waals surface area contributed by atoms with E-state index < -0.39 is 0 Å². The number of halogens is 2. The van der Waals surface area contributed by atoms with Crippen molar-refractivity contribution in [3.05, 3.63) is 64.4 Å². The van der Waals surface area contributed by atoms with Gasteiger partial charge in [-0.1, -0.05) is 29.8 Å². The van der Waals surface area contributed by atoms with Crippen molar-refractivity contribution in [2.75, 3.05) is 12.8 Å². The Kier molecular flexibility index (Phi) is 4.25. The molecule has 0 aliphatic carbocycles. The minimum atomic E-state index is -0.328. The molecule has 2 aromatic rings. The Balaban J connectivity index is 2.19. The van der Waals surface area contributed by atoms with Gasteiger partial charge >= 0.3 is 0 Å². The van der Waals surface area contributed by atoms with Crippen LogP contribution in [-0.4, -0.2) is 17.9 Å². The fourth-order valence-electron chi connectivity index (χ4n) is 1.90. The Bertz CT molecular complexity index is 646. The van der Waals surface area contributed by atoms with E-state index >= 15 is 0 Å². The first-order valence-electron chi connectivity index (χ1n) is 6.03. The summed E-state index contributed by atoms with van der Waals surface area (Å²) in [5.41, 5.74) is 7.08. The Labute approximate surface area is 121 Å². The Hall–Kier alpha value is -2.07. The quantitative estimate of drug-likeness (QED) is 0.882. The largest absolute Gasteiger partial charge is 0.398 e. The summed E-state index contributed by atoms with van der Waals surface area (Å²) in [5.74, 6) is -0.586. The van der Waals surface area contributed by atoms with Crippen LogP contribution in [0.2, 0.25) is 5.02 Å². The van der Waals surface area contributed by atoms with Gasteiger partial charge in [0, 0.05) is 13.6 Å². The molecule has 3 nitrogen and oxygen atoms in total. The maximum atomic E-state index is 13.1. The highest BCUT2D eigenvalue weighted by molar-refractivity contribution is 6.36. The third kappa shape index (κ3) is 3.08. The van der Waals surface area contributed by atoms with Gasteiger partial charge in [0.2, 0.25) is 0 Å². The molecule has 0 bridgehead atoms. The van der Waals surface area contributed by atoms with Crippen LogP contribution in [-0.2, 0) is 6.54 Å². The van der Waals surface area contributed by atoms with Gasteiger partial charge in [-0.15, -0.1) is 0 Å². The first kappa shape index (κ1) is 14.3. The summed E-state index contributed by atoms with van der Waals surface area (Å²) in [6.07, 6.45) is 0. The summed E-state index contributed by atoms with van der Waals surface area (Å²) < 4.78 is 13.1. The van der Waals surface area contributed by atoms with Crippen LogP contribution in [0, 0.1) is 5.82 Å². The van der Waals surface area contributed by atoms with Crippen molar-refractivity contribution < 1.29 is 9.18 Å². The summed E-state index contributed by atoms with van der Waals surface area (Å²) in [6.45, 7) is 0.293. The topological polar surface area (TPSA) is 46.3 Å². The molecule has 0 atom stereocenters. The number of benzene rings is 2. The zero-order chi connectivity index (χ0) is 14.7. The smallest absolute Gasteiger partial charge is 0.255 e. The lowest BCUT2D eigenvalue weighted by Gasteiger charge is -2.18. The second-order valence-corrected chi connectivity index (χ2v) is 4.88. The number of nitrogens with two attached hydrogens (primary N) is 1. The molecule has 2 aromatic carbocycles. The summed E-state index contributed by atoms with van der Waals surface area (Å²) >= 11 is 6.03. The zero-order valence-electron chi connectivity index (χ0n) is 10.9. The second kappa shape index (κ2) is 5.92. The first-order valence-corrected chi connectivity index (χ1v) is 6.40. The van der Waals surface area contributed by atoms with Crippen LogP contribution in [0.4, 0.5) is 10.1 Å². The van der Waals surface area contributed by atoms with Crippen molar-refractivity contribution in [2.45, 2.75) is 6.54 Å². The molecule has 104 valence electrons. The standard InChI is InChI=1S/C15H14ClFN2O/c1-19(9-10-4-2-5-11(17)8-10)15(20)12-6-3-7-13(18)14(12)16/h2-8H,9,18H2,1H3. The molecule has 0 saturated carbocycles. The molecule has 5 heteroatoms. The van der Waals surface area contributed by atoms with Crippen LogP contribution in [0.15, 0.2) is 42.5 Å². The maximum absolute atomic E-state index is 13.1.